The first-order valence-electron chi connectivity index (χ1n) is 6.55. The summed E-state index contributed by atoms with van der Waals surface area (Å²) in [6.45, 7) is 1.95. The van der Waals surface area contributed by atoms with Crippen LogP contribution in [0.3, 0.4) is 0 Å². The molecule has 104 valence electrons. The zero-order chi connectivity index (χ0) is 13.4. The normalized spacial score (nSPS) is 18.3. The van der Waals surface area contributed by atoms with Crippen LogP contribution in [0.25, 0.3) is 0 Å². The van der Waals surface area contributed by atoms with Gasteiger partial charge in [-0.05, 0) is 44.7 Å². The predicted molar refractivity (Wildman–Crippen MR) is 67.8 cm³/mol. The molecule has 0 radical (unpaired) electrons. The number of rotatable bonds is 7. The maximum absolute atomic E-state index is 11.7. The van der Waals surface area contributed by atoms with Crippen molar-refractivity contribution in [2.75, 3.05) is 13.1 Å². The Morgan fingerprint density at radius 2 is 2.06 bits per heavy atom. The average molecular weight is 257 g/mol. The van der Waals surface area contributed by atoms with E-state index in [4.69, 9.17) is 10.8 Å². The van der Waals surface area contributed by atoms with Crippen LogP contribution in [0.5, 0.6) is 0 Å². The molecule has 1 atom stereocenters. The van der Waals surface area contributed by atoms with Crippen LogP contribution in [0.15, 0.2) is 0 Å². The molecule has 0 spiro atoms. The van der Waals surface area contributed by atoms with Gasteiger partial charge in [0, 0.05) is 12.8 Å². The summed E-state index contributed by atoms with van der Waals surface area (Å²) in [7, 11) is 0. The van der Waals surface area contributed by atoms with Crippen LogP contribution < -0.4 is 16.4 Å². The second-order valence-electron chi connectivity index (χ2n) is 4.86. The molecule has 1 saturated heterocycles. The number of nitrogens with one attached hydrogen (secondary N) is 2. The van der Waals surface area contributed by atoms with E-state index in [1.54, 1.807) is 0 Å². The van der Waals surface area contributed by atoms with Gasteiger partial charge in [0.05, 0.1) is 6.17 Å². The molecule has 0 aromatic rings. The van der Waals surface area contributed by atoms with Gasteiger partial charge in [-0.1, -0.05) is 0 Å². The molecule has 1 heterocycles. The molecule has 1 unspecified atom stereocenters. The maximum Gasteiger partial charge on any atom is 0.303 e. The van der Waals surface area contributed by atoms with Crippen LogP contribution >= 0.6 is 0 Å². The van der Waals surface area contributed by atoms with E-state index < -0.39 is 12.1 Å². The third-order valence-electron chi connectivity index (χ3n) is 3.18. The third kappa shape index (κ3) is 6.56. The number of carboxylic acids is 1. The lowest BCUT2D eigenvalue weighted by molar-refractivity contribution is -0.137. The minimum Gasteiger partial charge on any atom is -0.481 e. The molecular formula is C12H23N3O3. The number of piperidine rings is 1. The number of amides is 1. The number of carboxylic acid groups (broad SMARTS) is 1. The van der Waals surface area contributed by atoms with Crippen LogP contribution in [0.1, 0.15) is 38.5 Å². The molecule has 1 aliphatic rings. The summed E-state index contributed by atoms with van der Waals surface area (Å²) in [5.74, 6) is -0.412. The molecule has 0 bridgehead atoms. The zero-order valence-electron chi connectivity index (χ0n) is 10.7. The molecule has 1 rings (SSSR count). The summed E-state index contributed by atoms with van der Waals surface area (Å²) >= 11 is 0. The Bertz CT molecular complexity index is 278. The first-order valence-corrected chi connectivity index (χ1v) is 6.55. The summed E-state index contributed by atoms with van der Waals surface area (Å²) < 4.78 is 0. The van der Waals surface area contributed by atoms with Gasteiger partial charge < -0.3 is 21.5 Å². The van der Waals surface area contributed by atoms with E-state index in [1.165, 1.54) is 0 Å². The Hall–Kier alpha value is -1.14. The molecular weight excluding hydrogens is 234 g/mol. The molecule has 0 aliphatic carbocycles. The van der Waals surface area contributed by atoms with Crippen LogP contribution in [0.4, 0.5) is 0 Å². The third-order valence-corrected chi connectivity index (χ3v) is 3.18. The first kappa shape index (κ1) is 14.9. The summed E-state index contributed by atoms with van der Waals surface area (Å²) in [5, 5.41) is 14.5. The lowest BCUT2D eigenvalue weighted by atomic mass is 9.94. The second-order valence-corrected chi connectivity index (χ2v) is 4.86. The van der Waals surface area contributed by atoms with E-state index in [2.05, 4.69) is 10.6 Å². The van der Waals surface area contributed by atoms with Crippen molar-refractivity contribution in [2.45, 2.75) is 44.7 Å². The highest BCUT2D eigenvalue weighted by Gasteiger charge is 2.17. The van der Waals surface area contributed by atoms with Crippen LogP contribution in [0, 0.1) is 5.92 Å². The summed E-state index contributed by atoms with van der Waals surface area (Å²) in [5.41, 5.74) is 5.73. The molecule has 6 heteroatoms. The van der Waals surface area contributed by atoms with Crippen molar-refractivity contribution < 1.29 is 14.7 Å². The molecule has 1 fully saturated rings. The van der Waals surface area contributed by atoms with Crippen molar-refractivity contribution in [3.8, 4) is 0 Å². The Kier molecular flexibility index (Phi) is 6.67. The molecule has 18 heavy (non-hydrogen) atoms. The summed E-state index contributed by atoms with van der Waals surface area (Å²) in [6, 6.07) is 0. The van der Waals surface area contributed by atoms with Gasteiger partial charge in [0.15, 0.2) is 0 Å². The lowest BCUT2D eigenvalue weighted by Crippen LogP contribution is -2.42. The average Bonchev–Trinajstić information content (AvgIpc) is 2.29. The van der Waals surface area contributed by atoms with Crippen molar-refractivity contribution in [1.82, 2.24) is 10.6 Å². The van der Waals surface area contributed by atoms with Gasteiger partial charge in [0.25, 0.3) is 0 Å². The minimum atomic E-state index is -0.830. The molecule has 1 aliphatic heterocycles. The van der Waals surface area contributed by atoms with Gasteiger partial charge in [-0.3, -0.25) is 9.59 Å². The highest BCUT2D eigenvalue weighted by molar-refractivity contribution is 5.76. The Morgan fingerprint density at radius 3 is 2.67 bits per heavy atom. The molecule has 5 N–H and O–H groups in total. The van der Waals surface area contributed by atoms with Gasteiger partial charge in [0.1, 0.15) is 0 Å². The van der Waals surface area contributed by atoms with Gasteiger partial charge in [0.2, 0.25) is 5.91 Å². The topological polar surface area (TPSA) is 104 Å². The smallest absolute Gasteiger partial charge is 0.303 e. The number of carbonyl (C=O) groups excluding carboxylic acids is 1. The standard InChI is InChI=1S/C12H23N3O3/c13-10(2-1-3-12(17)18)15-11(16)8-9-4-6-14-7-5-9/h9-10,14H,1-8,13H2,(H,15,16)(H,17,18). The number of nitrogens with two attached hydrogens (primary N) is 1. The van der Waals surface area contributed by atoms with Crippen molar-refractivity contribution in [3.05, 3.63) is 0 Å². The largest absolute Gasteiger partial charge is 0.481 e. The molecule has 0 saturated carbocycles. The van der Waals surface area contributed by atoms with E-state index in [0.717, 1.165) is 25.9 Å². The Morgan fingerprint density at radius 1 is 1.39 bits per heavy atom. The number of hydrogen-bond donors (Lipinski definition) is 4. The van der Waals surface area contributed by atoms with Gasteiger partial charge in [-0.25, -0.2) is 0 Å². The fourth-order valence-electron chi connectivity index (χ4n) is 2.16. The van der Waals surface area contributed by atoms with E-state index in [9.17, 15) is 9.59 Å². The number of aliphatic carboxylic acids is 1. The minimum absolute atomic E-state index is 0.0234. The fourth-order valence-corrected chi connectivity index (χ4v) is 2.16. The highest BCUT2D eigenvalue weighted by Crippen LogP contribution is 2.15. The van der Waals surface area contributed by atoms with Crippen molar-refractivity contribution in [3.63, 3.8) is 0 Å². The van der Waals surface area contributed by atoms with E-state index in [-0.39, 0.29) is 12.3 Å². The van der Waals surface area contributed by atoms with Crippen LogP contribution in [-0.2, 0) is 9.59 Å². The fraction of sp³-hybridized carbons (Fsp3) is 0.833. The van der Waals surface area contributed by atoms with E-state index in [0.29, 0.717) is 25.2 Å². The SMILES string of the molecule is NC(CCCC(=O)O)NC(=O)CC1CCNCC1. The van der Waals surface area contributed by atoms with E-state index >= 15 is 0 Å². The summed E-state index contributed by atoms with van der Waals surface area (Å²) in [6.07, 6.45) is 3.24. The molecule has 0 aromatic carbocycles. The Balaban J connectivity index is 2.12. The van der Waals surface area contributed by atoms with Crippen LogP contribution in [0.2, 0.25) is 0 Å². The zero-order valence-corrected chi connectivity index (χ0v) is 10.7. The summed E-state index contributed by atoms with van der Waals surface area (Å²) in [4.78, 5) is 22.0. The van der Waals surface area contributed by atoms with Crippen molar-refractivity contribution >= 4 is 11.9 Å². The maximum atomic E-state index is 11.7. The van der Waals surface area contributed by atoms with Crippen molar-refractivity contribution in [1.29, 1.82) is 0 Å². The highest BCUT2D eigenvalue weighted by atomic mass is 16.4. The number of carbonyl (C=O) groups is 2. The Labute approximate surface area is 107 Å². The van der Waals surface area contributed by atoms with Gasteiger partial charge in [-0.15, -0.1) is 0 Å². The van der Waals surface area contributed by atoms with Crippen molar-refractivity contribution in [2.24, 2.45) is 11.7 Å². The van der Waals surface area contributed by atoms with Gasteiger partial charge in [-0.2, -0.15) is 0 Å². The van der Waals surface area contributed by atoms with E-state index in [1.807, 2.05) is 0 Å². The quantitative estimate of drug-likeness (QED) is 0.482. The molecule has 1 amide bonds. The monoisotopic (exact) mass is 257 g/mol. The number of hydrogen-bond acceptors (Lipinski definition) is 4. The van der Waals surface area contributed by atoms with Crippen LogP contribution in [-0.4, -0.2) is 36.2 Å². The molecule has 0 aromatic heterocycles. The lowest BCUT2D eigenvalue weighted by Gasteiger charge is -2.23. The molecule has 6 nitrogen and oxygen atoms in total. The predicted octanol–water partition coefficient (Wildman–Crippen LogP) is 0.0320. The first-order chi connectivity index (χ1) is 8.58. The second kappa shape index (κ2) is 8.05. The van der Waals surface area contributed by atoms with Gasteiger partial charge >= 0.3 is 5.97 Å².